The standard InChI is InChI=1S/C22H26FN7O/c1-22-9-8-17(29(22)3)21(23)18(11-22)28(2)20-7-6-16(26-27-20)15-5-4-14(10-19(15)31)30-12-24-25-13-30/h4-7,10,12-13,17-18,21,31H,8-9,11H2,1-3H3/t17?,18-,21+,22-/m0/s1. The number of nitrogens with zero attached hydrogens (tertiary/aromatic N) is 7. The molecule has 0 spiro atoms. The van der Waals surface area contributed by atoms with Gasteiger partial charge in [0.15, 0.2) is 5.82 Å². The lowest BCUT2D eigenvalue weighted by molar-refractivity contribution is 0.0221. The second-order valence-electron chi connectivity index (χ2n) is 8.89. The van der Waals surface area contributed by atoms with Crippen LogP contribution in [0, 0.1) is 0 Å². The van der Waals surface area contributed by atoms with Gasteiger partial charge in [-0.15, -0.1) is 20.4 Å². The van der Waals surface area contributed by atoms with E-state index in [9.17, 15) is 5.11 Å². The normalized spacial score (nSPS) is 28.1. The molecule has 0 saturated carbocycles. The minimum atomic E-state index is -0.929. The van der Waals surface area contributed by atoms with Gasteiger partial charge in [-0.2, -0.15) is 0 Å². The summed E-state index contributed by atoms with van der Waals surface area (Å²) in [7, 11) is 3.93. The lowest BCUT2D eigenvalue weighted by Crippen LogP contribution is -2.60. The van der Waals surface area contributed by atoms with Crippen LogP contribution in [0.1, 0.15) is 26.2 Å². The van der Waals surface area contributed by atoms with Gasteiger partial charge in [0, 0.05) is 30.3 Å². The van der Waals surface area contributed by atoms with E-state index < -0.39 is 6.17 Å². The highest BCUT2D eigenvalue weighted by atomic mass is 19.1. The molecule has 1 aromatic carbocycles. The van der Waals surface area contributed by atoms with Crippen molar-refractivity contribution in [2.45, 2.75) is 50.0 Å². The maximum Gasteiger partial charge on any atom is 0.151 e. The summed E-state index contributed by atoms with van der Waals surface area (Å²) < 4.78 is 17.0. The monoisotopic (exact) mass is 423 g/mol. The number of phenols is 1. The molecule has 2 fully saturated rings. The molecule has 0 radical (unpaired) electrons. The highest BCUT2D eigenvalue weighted by Crippen LogP contribution is 2.45. The molecule has 2 saturated heterocycles. The molecule has 2 aliphatic heterocycles. The fraction of sp³-hybridized carbons (Fsp3) is 0.455. The van der Waals surface area contributed by atoms with Crippen LogP contribution in [0.3, 0.4) is 0 Å². The van der Waals surface area contributed by atoms with Crippen LogP contribution in [0.15, 0.2) is 43.0 Å². The third-order valence-electron chi connectivity index (χ3n) is 7.20. The number of hydrogen-bond acceptors (Lipinski definition) is 7. The number of piperidine rings is 1. The second-order valence-corrected chi connectivity index (χ2v) is 8.89. The predicted octanol–water partition coefficient (Wildman–Crippen LogP) is 2.83. The zero-order valence-electron chi connectivity index (χ0n) is 17.9. The molecular weight excluding hydrogens is 397 g/mol. The van der Waals surface area contributed by atoms with Gasteiger partial charge in [-0.05, 0) is 57.5 Å². The molecule has 9 heteroatoms. The van der Waals surface area contributed by atoms with Gasteiger partial charge in [-0.3, -0.25) is 9.47 Å². The summed E-state index contributed by atoms with van der Waals surface area (Å²) in [6.45, 7) is 2.22. The van der Waals surface area contributed by atoms with Crippen LogP contribution in [0.5, 0.6) is 5.75 Å². The molecular formula is C22H26FN7O. The Morgan fingerprint density at radius 3 is 2.61 bits per heavy atom. The number of aromatic hydroxyl groups is 1. The van der Waals surface area contributed by atoms with Gasteiger partial charge >= 0.3 is 0 Å². The lowest BCUT2D eigenvalue weighted by Gasteiger charge is -2.48. The SMILES string of the molecule is CN(c1ccc(-c2ccc(-n3cnnc3)cc2O)nn1)[C@H]1C[C@]2(C)CCC([C@H]1F)N2C. The van der Waals surface area contributed by atoms with Crippen molar-refractivity contribution in [3.63, 3.8) is 0 Å². The van der Waals surface area contributed by atoms with Crippen LogP contribution >= 0.6 is 0 Å². The number of halogens is 1. The zero-order valence-corrected chi connectivity index (χ0v) is 17.9. The number of alkyl halides is 1. The average Bonchev–Trinajstić information content (AvgIpc) is 3.37. The second kappa shape index (κ2) is 7.26. The Balaban J connectivity index is 1.37. The van der Waals surface area contributed by atoms with Crippen LogP contribution in [0.2, 0.25) is 0 Å². The minimum Gasteiger partial charge on any atom is -0.507 e. The molecule has 0 amide bonds. The van der Waals surface area contributed by atoms with E-state index in [1.807, 2.05) is 37.2 Å². The molecule has 4 atom stereocenters. The first kappa shape index (κ1) is 19.9. The van der Waals surface area contributed by atoms with Gasteiger partial charge in [0.1, 0.15) is 24.6 Å². The molecule has 5 rings (SSSR count). The van der Waals surface area contributed by atoms with Crippen molar-refractivity contribution in [2.24, 2.45) is 0 Å². The maximum absolute atomic E-state index is 15.3. The number of aromatic nitrogens is 5. The van der Waals surface area contributed by atoms with E-state index in [1.54, 1.807) is 29.4 Å². The van der Waals surface area contributed by atoms with Crippen LogP contribution in [0.25, 0.3) is 16.9 Å². The van der Waals surface area contributed by atoms with E-state index in [-0.39, 0.29) is 23.4 Å². The number of rotatable bonds is 4. The molecule has 2 aromatic heterocycles. The quantitative estimate of drug-likeness (QED) is 0.691. The van der Waals surface area contributed by atoms with E-state index >= 15 is 4.39 Å². The Morgan fingerprint density at radius 1 is 1.16 bits per heavy atom. The van der Waals surface area contributed by atoms with Gasteiger partial charge in [0.25, 0.3) is 0 Å². The summed E-state index contributed by atoms with van der Waals surface area (Å²) in [5.41, 5.74) is 1.90. The van der Waals surface area contributed by atoms with Gasteiger partial charge in [-0.1, -0.05) is 0 Å². The molecule has 4 heterocycles. The minimum absolute atomic E-state index is 0.0256. The highest BCUT2D eigenvalue weighted by molar-refractivity contribution is 5.69. The summed E-state index contributed by atoms with van der Waals surface area (Å²) in [4.78, 5) is 4.13. The van der Waals surface area contributed by atoms with Crippen LogP contribution in [0.4, 0.5) is 10.2 Å². The number of benzene rings is 1. The van der Waals surface area contributed by atoms with E-state index in [4.69, 9.17) is 0 Å². The van der Waals surface area contributed by atoms with Crippen molar-refractivity contribution < 1.29 is 9.50 Å². The fourth-order valence-corrected chi connectivity index (χ4v) is 5.08. The Labute approximate surface area is 180 Å². The molecule has 3 aromatic rings. The van der Waals surface area contributed by atoms with E-state index in [0.29, 0.717) is 17.1 Å². The molecule has 1 N–H and O–H groups in total. The van der Waals surface area contributed by atoms with Crippen molar-refractivity contribution in [1.29, 1.82) is 0 Å². The molecule has 2 aliphatic rings. The first-order valence-corrected chi connectivity index (χ1v) is 10.5. The van der Waals surface area contributed by atoms with Crippen molar-refractivity contribution in [2.75, 3.05) is 19.0 Å². The predicted molar refractivity (Wildman–Crippen MR) is 115 cm³/mol. The Kier molecular flexibility index (Phi) is 4.65. The van der Waals surface area contributed by atoms with Crippen LogP contribution in [-0.2, 0) is 0 Å². The zero-order chi connectivity index (χ0) is 21.8. The van der Waals surface area contributed by atoms with Crippen molar-refractivity contribution in [1.82, 2.24) is 29.9 Å². The van der Waals surface area contributed by atoms with Crippen molar-refractivity contribution >= 4 is 5.82 Å². The summed E-state index contributed by atoms with van der Waals surface area (Å²) in [6, 6.07) is 8.64. The van der Waals surface area contributed by atoms with Crippen LogP contribution < -0.4 is 4.90 Å². The molecule has 0 aliphatic carbocycles. The Hall–Kier alpha value is -3.07. The number of hydrogen-bond donors (Lipinski definition) is 1. The van der Waals surface area contributed by atoms with E-state index in [0.717, 1.165) is 24.9 Å². The van der Waals surface area contributed by atoms with Crippen LogP contribution in [-0.4, -0.2) is 72.9 Å². The smallest absolute Gasteiger partial charge is 0.151 e. The molecule has 2 bridgehead atoms. The number of fused-ring (bicyclic) bond motifs is 2. The van der Waals surface area contributed by atoms with Crippen molar-refractivity contribution in [3.05, 3.63) is 43.0 Å². The fourth-order valence-electron chi connectivity index (χ4n) is 5.08. The maximum atomic E-state index is 15.3. The van der Waals surface area contributed by atoms with Gasteiger partial charge in [0.05, 0.1) is 17.4 Å². The largest absolute Gasteiger partial charge is 0.507 e. The average molecular weight is 423 g/mol. The first-order valence-electron chi connectivity index (χ1n) is 10.5. The molecule has 8 nitrogen and oxygen atoms in total. The van der Waals surface area contributed by atoms with Gasteiger partial charge < -0.3 is 10.0 Å². The Bertz CT molecular complexity index is 1070. The first-order chi connectivity index (χ1) is 14.9. The summed E-state index contributed by atoms with van der Waals surface area (Å²) >= 11 is 0. The summed E-state index contributed by atoms with van der Waals surface area (Å²) in [5, 5.41) is 26.7. The number of anilines is 1. The van der Waals surface area contributed by atoms with E-state index in [1.165, 1.54) is 0 Å². The summed E-state index contributed by atoms with van der Waals surface area (Å²) in [6.07, 6.45) is 4.87. The Morgan fingerprint density at radius 2 is 1.94 bits per heavy atom. The van der Waals surface area contributed by atoms with Gasteiger partial charge in [-0.25, -0.2) is 4.39 Å². The highest BCUT2D eigenvalue weighted by Gasteiger charge is 2.53. The van der Waals surface area contributed by atoms with Gasteiger partial charge in [0.2, 0.25) is 0 Å². The van der Waals surface area contributed by atoms with E-state index in [2.05, 4.69) is 32.2 Å². The molecule has 1 unspecified atom stereocenters. The topological polar surface area (TPSA) is 83.2 Å². The summed E-state index contributed by atoms with van der Waals surface area (Å²) in [5.74, 6) is 0.717. The third kappa shape index (κ3) is 3.23. The third-order valence-corrected chi connectivity index (χ3v) is 7.20. The number of phenolic OH excluding ortho intramolecular Hbond substituents is 1. The van der Waals surface area contributed by atoms with Crippen molar-refractivity contribution in [3.8, 4) is 22.7 Å². The molecule has 162 valence electrons. The molecule has 31 heavy (non-hydrogen) atoms. The lowest BCUT2D eigenvalue weighted by atomic mass is 9.86.